The SMILES string of the molecule is CCCNS(=O)(=O)c1ccc(NS(=O)(=O)c2cc([N+](=O)[O-])ccc2C)cc1. The summed E-state index contributed by atoms with van der Waals surface area (Å²) < 4.78 is 53.9. The number of aryl methyl sites for hydroxylation is 1. The van der Waals surface area contributed by atoms with Gasteiger partial charge in [-0.2, -0.15) is 0 Å². The molecule has 0 bridgehead atoms. The number of nitrogens with zero attached hydrogens (tertiary/aromatic N) is 1. The van der Waals surface area contributed by atoms with Crippen molar-refractivity contribution >= 4 is 31.4 Å². The van der Waals surface area contributed by atoms with E-state index in [2.05, 4.69) is 9.44 Å². The number of nitrogens with one attached hydrogen (secondary N) is 2. The van der Waals surface area contributed by atoms with Crippen LogP contribution in [0.3, 0.4) is 0 Å². The van der Waals surface area contributed by atoms with Crippen LogP contribution >= 0.6 is 0 Å². The maximum absolute atomic E-state index is 12.6. The molecule has 0 aromatic heterocycles. The van der Waals surface area contributed by atoms with Gasteiger partial charge in [-0.1, -0.05) is 13.0 Å². The summed E-state index contributed by atoms with van der Waals surface area (Å²) in [6.07, 6.45) is 0.639. The number of nitro groups is 1. The standard InChI is InChI=1S/C16H19N3O6S2/c1-3-10-17-26(22,23)15-8-5-13(6-9-15)18-27(24,25)16-11-14(19(20)21)7-4-12(16)2/h4-9,11,17-18H,3,10H2,1-2H3. The van der Waals surface area contributed by atoms with E-state index < -0.39 is 25.0 Å². The van der Waals surface area contributed by atoms with Crippen LogP contribution in [0.5, 0.6) is 0 Å². The number of hydrogen-bond donors (Lipinski definition) is 2. The van der Waals surface area contributed by atoms with Crippen LogP contribution in [0.15, 0.2) is 52.3 Å². The van der Waals surface area contributed by atoms with E-state index in [4.69, 9.17) is 0 Å². The molecule has 0 amide bonds. The second-order valence-electron chi connectivity index (χ2n) is 5.73. The zero-order valence-corrected chi connectivity index (χ0v) is 16.3. The molecule has 0 fully saturated rings. The van der Waals surface area contributed by atoms with Crippen molar-refractivity contribution in [1.29, 1.82) is 0 Å². The molecule has 9 nitrogen and oxygen atoms in total. The molecule has 0 saturated heterocycles. The Kier molecular flexibility index (Phi) is 6.19. The molecule has 2 aromatic rings. The summed E-state index contributed by atoms with van der Waals surface area (Å²) in [5.74, 6) is 0. The van der Waals surface area contributed by atoms with Crippen molar-refractivity contribution in [2.45, 2.75) is 30.1 Å². The number of non-ortho nitro benzene ring substituents is 1. The summed E-state index contributed by atoms with van der Waals surface area (Å²) in [5, 5.41) is 10.9. The van der Waals surface area contributed by atoms with E-state index >= 15 is 0 Å². The fraction of sp³-hybridized carbons (Fsp3) is 0.250. The lowest BCUT2D eigenvalue weighted by Crippen LogP contribution is -2.24. The third-order valence-electron chi connectivity index (χ3n) is 3.63. The normalized spacial score (nSPS) is 11.9. The summed E-state index contributed by atoms with van der Waals surface area (Å²) in [7, 11) is -7.74. The molecule has 0 aliphatic carbocycles. The fourth-order valence-corrected chi connectivity index (χ4v) is 4.68. The molecule has 0 spiro atoms. The predicted molar refractivity (Wildman–Crippen MR) is 101 cm³/mol. The Labute approximate surface area is 157 Å². The average Bonchev–Trinajstić information content (AvgIpc) is 2.60. The van der Waals surface area contributed by atoms with Gasteiger partial charge in [-0.15, -0.1) is 0 Å². The second-order valence-corrected chi connectivity index (χ2v) is 9.15. The van der Waals surface area contributed by atoms with E-state index in [0.717, 1.165) is 6.07 Å². The van der Waals surface area contributed by atoms with Crippen molar-refractivity contribution in [3.05, 3.63) is 58.1 Å². The highest BCUT2D eigenvalue weighted by atomic mass is 32.2. The molecule has 146 valence electrons. The monoisotopic (exact) mass is 413 g/mol. The van der Waals surface area contributed by atoms with E-state index in [-0.39, 0.29) is 21.2 Å². The molecule has 0 aliphatic heterocycles. The van der Waals surface area contributed by atoms with Crippen LogP contribution in [0.4, 0.5) is 11.4 Å². The molecular formula is C16H19N3O6S2. The first-order chi connectivity index (χ1) is 12.6. The van der Waals surface area contributed by atoms with Gasteiger partial charge >= 0.3 is 0 Å². The van der Waals surface area contributed by atoms with Crippen LogP contribution in [-0.2, 0) is 20.0 Å². The third kappa shape index (κ3) is 5.02. The molecular weight excluding hydrogens is 394 g/mol. The van der Waals surface area contributed by atoms with Crippen molar-refractivity contribution in [1.82, 2.24) is 4.72 Å². The number of sulfonamides is 2. The van der Waals surface area contributed by atoms with E-state index in [1.54, 1.807) is 0 Å². The van der Waals surface area contributed by atoms with E-state index in [1.165, 1.54) is 43.3 Å². The Morgan fingerprint density at radius 1 is 1.00 bits per heavy atom. The first kappa shape index (κ1) is 20.8. The Morgan fingerprint density at radius 2 is 1.63 bits per heavy atom. The maximum Gasteiger partial charge on any atom is 0.270 e. The van der Waals surface area contributed by atoms with Gasteiger partial charge in [0.05, 0.1) is 14.7 Å². The molecule has 0 unspecified atom stereocenters. The highest BCUT2D eigenvalue weighted by Gasteiger charge is 2.21. The number of rotatable bonds is 8. The lowest BCUT2D eigenvalue weighted by molar-refractivity contribution is -0.385. The average molecular weight is 413 g/mol. The van der Waals surface area contributed by atoms with Gasteiger partial charge in [-0.3, -0.25) is 14.8 Å². The molecule has 2 rings (SSSR count). The maximum atomic E-state index is 12.6. The van der Waals surface area contributed by atoms with Crippen LogP contribution in [0, 0.1) is 17.0 Å². The summed E-state index contributed by atoms with van der Waals surface area (Å²) in [6.45, 7) is 3.65. The van der Waals surface area contributed by atoms with Gasteiger partial charge in [0.1, 0.15) is 0 Å². The van der Waals surface area contributed by atoms with E-state index in [9.17, 15) is 26.9 Å². The smallest absolute Gasteiger partial charge is 0.270 e. The van der Waals surface area contributed by atoms with E-state index in [0.29, 0.717) is 18.5 Å². The first-order valence-corrected chi connectivity index (χ1v) is 10.9. The quantitative estimate of drug-likeness (QED) is 0.504. The highest BCUT2D eigenvalue weighted by Crippen LogP contribution is 2.24. The molecule has 11 heteroatoms. The zero-order chi connectivity index (χ0) is 20.2. The summed E-state index contributed by atoms with van der Waals surface area (Å²) in [6, 6.07) is 8.71. The minimum absolute atomic E-state index is 0.00503. The zero-order valence-electron chi connectivity index (χ0n) is 14.7. The van der Waals surface area contributed by atoms with Crippen LogP contribution < -0.4 is 9.44 Å². The highest BCUT2D eigenvalue weighted by molar-refractivity contribution is 7.92. The minimum atomic E-state index is -4.08. The van der Waals surface area contributed by atoms with Crippen molar-refractivity contribution in [2.75, 3.05) is 11.3 Å². The largest absolute Gasteiger partial charge is 0.280 e. The van der Waals surface area contributed by atoms with Crippen molar-refractivity contribution in [3.8, 4) is 0 Å². The van der Waals surface area contributed by atoms with Gasteiger partial charge in [-0.05, 0) is 43.2 Å². The number of anilines is 1. The fourth-order valence-electron chi connectivity index (χ4n) is 2.22. The molecule has 0 heterocycles. The summed E-state index contributed by atoms with van der Waals surface area (Å²) in [4.78, 5) is 9.99. The van der Waals surface area contributed by atoms with E-state index in [1.807, 2.05) is 6.92 Å². The van der Waals surface area contributed by atoms with Gasteiger partial charge in [0.2, 0.25) is 10.0 Å². The second kappa shape index (κ2) is 8.03. The van der Waals surface area contributed by atoms with Crippen LogP contribution in [0.1, 0.15) is 18.9 Å². The van der Waals surface area contributed by atoms with Gasteiger partial charge in [0, 0.05) is 24.4 Å². The Hall–Kier alpha value is -2.50. The lowest BCUT2D eigenvalue weighted by Gasteiger charge is -2.11. The van der Waals surface area contributed by atoms with Crippen LogP contribution in [0.25, 0.3) is 0 Å². The van der Waals surface area contributed by atoms with Crippen molar-refractivity contribution in [2.24, 2.45) is 0 Å². The number of benzene rings is 2. The lowest BCUT2D eigenvalue weighted by atomic mass is 10.2. The van der Waals surface area contributed by atoms with Gasteiger partial charge in [-0.25, -0.2) is 21.6 Å². The molecule has 2 aromatic carbocycles. The Morgan fingerprint density at radius 3 is 2.19 bits per heavy atom. The molecule has 0 aliphatic rings. The van der Waals surface area contributed by atoms with Gasteiger partial charge in [0.25, 0.3) is 15.7 Å². The number of nitro benzene ring substituents is 1. The van der Waals surface area contributed by atoms with Crippen molar-refractivity contribution < 1.29 is 21.8 Å². The third-order valence-corrected chi connectivity index (χ3v) is 6.63. The topological polar surface area (TPSA) is 135 Å². The molecule has 2 N–H and O–H groups in total. The van der Waals surface area contributed by atoms with Gasteiger partial charge in [0.15, 0.2) is 0 Å². The Bertz CT molecular complexity index is 1050. The van der Waals surface area contributed by atoms with Crippen LogP contribution in [-0.4, -0.2) is 28.3 Å². The summed E-state index contributed by atoms with van der Waals surface area (Å²) in [5.41, 5.74) is 0.135. The van der Waals surface area contributed by atoms with Gasteiger partial charge < -0.3 is 0 Å². The molecule has 27 heavy (non-hydrogen) atoms. The minimum Gasteiger partial charge on any atom is -0.280 e. The predicted octanol–water partition coefficient (Wildman–Crippen LogP) is 2.39. The molecule has 0 radical (unpaired) electrons. The molecule has 0 saturated carbocycles. The summed E-state index contributed by atoms with van der Waals surface area (Å²) >= 11 is 0. The first-order valence-electron chi connectivity index (χ1n) is 7.94. The molecule has 0 atom stereocenters. The van der Waals surface area contributed by atoms with Crippen molar-refractivity contribution in [3.63, 3.8) is 0 Å². The van der Waals surface area contributed by atoms with Crippen LogP contribution in [0.2, 0.25) is 0 Å². The number of hydrogen-bond acceptors (Lipinski definition) is 6. The Balaban J connectivity index is 2.29.